The van der Waals surface area contributed by atoms with Crippen LogP contribution in [0.1, 0.15) is 28.8 Å². The zero-order valence-electron chi connectivity index (χ0n) is 20.7. The maximum Gasteiger partial charge on any atom is 0.130 e. The standard InChI is InChI=1S/C32H28N4/c1-21-22(2)33-23(3)34-31(21)26-17-13-24(14-18-26)25-15-19-27(20-16-25)32-35-29-11-7-8-12-30(29)36(32)28-9-5-4-6-10-28/h4-20,32,35H,1-3H3. The molecule has 0 bridgehead atoms. The molecule has 0 spiro atoms. The van der Waals surface area contributed by atoms with E-state index in [1.54, 1.807) is 0 Å². The molecular weight excluding hydrogens is 440 g/mol. The van der Waals surface area contributed by atoms with Gasteiger partial charge in [0.1, 0.15) is 12.0 Å². The highest BCUT2D eigenvalue weighted by Crippen LogP contribution is 2.45. The molecule has 176 valence electrons. The number of nitrogens with one attached hydrogen (secondary N) is 1. The predicted octanol–water partition coefficient (Wildman–Crippen LogP) is 8.00. The first-order valence-corrected chi connectivity index (χ1v) is 12.3. The Kier molecular flexibility index (Phi) is 5.49. The molecule has 1 unspecified atom stereocenters. The zero-order valence-corrected chi connectivity index (χ0v) is 20.7. The topological polar surface area (TPSA) is 41.1 Å². The molecule has 0 fully saturated rings. The molecule has 5 aromatic rings. The molecule has 0 radical (unpaired) electrons. The minimum atomic E-state index is 0.0356. The van der Waals surface area contributed by atoms with Crippen LogP contribution >= 0.6 is 0 Å². The number of fused-ring (bicyclic) bond motifs is 1. The van der Waals surface area contributed by atoms with Crippen molar-refractivity contribution in [3.8, 4) is 22.4 Å². The van der Waals surface area contributed by atoms with Gasteiger partial charge in [-0.25, -0.2) is 9.97 Å². The van der Waals surface area contributed by atoms with Crippen molar-refractivity contribution in [2.45, 2.75) is 26.9 Å². The number of para-hydroxylation sites is 3. The van der Waals surface area contributed by atoms with Crippen LogP contribution in [0.15, 0.2) is 103 Å². The molecule has 4 nitrogen and oxygen atoms in total. The minimum absolute atomic E-state index is 0.0356. The molecule has 0 saturated heterocycles. The lowest BCUT2D eigenvalue weighted by Gasteiger charge is -2.27. The Balaban J connectivity index is 1.29. The number of hydrogen-bond donors (Lipinski definition) is 1. The molecule has 1 aromatic heterocycles. The van der Waals surface area contributed by atoms with Gasteiger partial charge in [0.05, 0.1) is 17.1 Å². The third-order valence-corrected chi connectivity index (χ3v) is 6.97. The third kappa shape index (κ3) is 3.91. The largest absolute Gasteiger partial charge is 0.359 e. The Labute approximate surface area is 212 Å². The monoisotopic (exact) mass is 468 g/mol. The lowest BCUT2D eigenvalue weighted by Crippen LogP contribution is -2.23. The smallest absolute Gasteiger partial charge is 0.130 e. The van der Waals surface area contributed by atoms with Crippen molar-refractivity contribution in [2.24, 2.45) is 0 Å². The van der Waals surface area contributed by atoms with Crippen molar-refractivity contribution in [3.05, 3.63) is 126 Å². The summed E-state index contributed by atoms with van der Waals surface area (Å²) in [6.07, 6.45) is 0.0356. The van der Waals surface area contributed by atoms with Crippen molar-refractivity contribution in [1.82, 2.24) is 9.97 Å². The van der Waals surface area contributed by atoms with Gasteiger partial charge in [0.15, 0.2) is 0 Å². The molecule has 2 heterocycles. The average molecular weight is 469 g/mol. The van der Waals surface area contributed by atoms with Crippen LogP contribution < -0.4 is 10.2 Å². The Morgan fingerprint density at radius 3 is 1.97 bits per heavy atom. The first-order valence-electron chi connectivity index (χ1n) is 12.3. The van der Waals surface area contributed by atoms with Gasteiger partial charge in [-0.1, -0.05) is 78.9 Å². The summed E-state index contributed by atoms with van der Waals surface area (Å²) < 4.78 is 0. The van der Waals surface area contributed by atoms with Crippen LogP contribution in [-0.4, -0.2) is 9.97 Å². The predicted molar refractivity (Wildman–Crippen MR) is 149 cm³/mol. The summed E-state index contributed by atoms with van der Waals surface area (Å²) in [5.41, 5.74) is 11.4. The van der Waals surface area contributed by atoms with Crippen LogP contribution in [0.4, 0.5) is 17.1 Å². The van der Waals surface area contributed by atoms with Crippen molar-refractivity contribution < 1.29 is 0 Å². The van der Waals surface area contributed by atoms with Gasteiger partial charge in [0.2, 0.25) is 0 Å². The highest BCUT2D eigenvalue weighted by atomic mass is 15.3. The lowest BCUT2D eigenvalue weighted by atomic mass is 9.99. The Bertz CT molecular complexity index is 1520. The first-order chi connectivity index (χ1) is 17.6. The molecule has 0 saturated carbocycles. The summed E-state index contributed by atoms with van der Waals surface area (Å²) in [4.78, 5) is 11.5. The van der Waals surface area contributed by atoms with Crippen LogP contribution in [0.3, 0.4) is 0 Å². The van der Waals surface area contributed by atoms with Gasteiger partial charge in [-0.05, 0) is 67.3 Å². The summed E-state index contributed by atoms with van der Waals surface area (Å²) in [7, 11) is 0. The second-order valence-corrected chi connectivity index (χ2v) is 9.30. The number of aryl methyl sites for hydroxylation is 2. The van der Waals surface area contributed by atoms with Crippen molar-refractivity contribution in [1.29, 1.82) is 0 Å². The van der Waals surface area contributed by atoms with E-state index in [4.69, 9.17) is 0 Å². The maximum absolute atomic E-state index is 4.69. The molecule has 0 amide bonds. The minimum Gasteiger partial charge on any atom is -0.359 e. The highest BCUT2D eigenvalue weighted by Gasteiger charge is 2.30. The fourth-order valence-electron chi connectivity index (χ4n) is 4.99. The van der Waals surface area contributed by atoms with Gasteiger partial charge < -0.3 is 10.2 Å². The van der Waals surface area contributed by atoms with Crippen molar-refractivity contribution in [3.63, 3.8) is 0 Å². The SMILES string of the molecule is Cc1nc(C)c(C)c(-c2ccc(-c3ccc(C4Nc5ccccc5N4c4ccccc4)cc3)cc2)n1. The van der Waals surface area contributed by atoms with E-state index in [0.29, 0.717) is 0 Å². The summed E-state index contributed by atoms with van der Waals surface area (Å²) in [5, 5.41) is 3.71. The average Bonchev–Trinajstić information content (AvgIpc) is 3.31. The Morgan fingerprint density at radius 1 is 0.639 bits per heavy atom. The summed E-state index contributed by atoms with van der Waals surface area (Å²) in [6, 6.07) is 36.6. The van der Waals surface area contributed by atoms with Crippen LogP contribution in [0.2, 0.25) is 0 Å². The number of hydrogen-bond acceptors (Lipinski definition) is 4. The molecule has 0 aliphatic carbocycles. The molecular formula is C32H28N4. The molecule has 1 aliphatic rings. The zero-order chi connectivity index (χ0) is 24.6. The van der Waals surface area contributed by atoms with Gasteiger partial charge in [0.25, 0.3) is 0 Å². The van der Waals surface area contributed by atoms with E-state index in [0.717, 1.165) is 34.0 Å². The van der Waals surface area contributed by atoms with Gasteiger partial charge in [-0.2, -0.15) is 0 Å². The molecule has 6 rings (SSSR count). The Hall–Kier alpha value is -4.44. The molecule has 1 atom stereocenters. The molecule has 1 aliphatic heterocycles. The number of aromatic nitrogens is 2. The molecule has 1 N–H and O–H groups in total. The number of anilines is 3. The van der Waals surface area contributed by atoms with Crippen LogP contribution in [-0.2, 0) is 0 Å². The van der Waals surface area contributed by atoms with Crippen LogP contribution in [0.25, 0.3) is 22.4 Å². The second-order valence-electron chi connectivity index (χ2n) is 9.30. The summed E-state index contributed by atoms with van der Waals surface area (Å²) >= 11 is 0. The van der Waals surface area contributed by atoms with Crippen molar-refractivity contribution in [2.75, 3.05) is 10.2 Å². The van der Waals surface area contributed by atoms with E-state index in [9.17, 15) is 0 Å². The number of benzene rings is 4. The van der Waals surface area contributed by atoms with Crippen LogP contribution in [0, 0.1) is 20.8 Å². The molecule has 4 aromatic carbocycles. The quantitative estimate of drug-likeness (QED) is 0.290. The van der Waals surface area contributed by atoms with E-state index < -0.39 is 0 Å². The van der Waals surface area contributed by atoms with E-state index in [2.05, 4.69) is 130 Å². The highest BCUT2D eigenvalue weighted by molar-refractivity contribution is 5.83. The fraction of sp³-hybridized carbons (Fsp3) is 0.125. The third-order valence-electron chi connectivity index (χ3n) is 6.97. The van der Waals surface area contributed by atoms with Gasteiger partial charge in [0, 0.05) is 16.9 Å². The maximum atomic E-state index is 4.69. The van der Waals surface area contributed by atoms with E-state index >= 15 is 0 Å². The fourth-order valence-corrected chi connectivity index (χ4v) is 4.99. The number of rotatable bonds is 4. The Morgan fingerprint density at radius 2 is 1.25 bits per heavy atom. The van der Waals surface area contributed by atoms with E-state index in [1.165, 1.54) is 28.1 Å². The van der Waals surface area contributed by atoms with E-state index in [1.807, 2.05) is 13.8 Å². The number of nitrogens with zero attached hydrogens (tertiary/aromatic N) is 3. The molecule has 4 heteroatoms. The van der Waals surface area contributed by atoms with Crippen molar-refractivity contribution >= 4 is 17.1 Å². The normalized spacial score (nSPS) is 14.4. The second kappa shape index (κ2) is 8.97. The van der Waals surface area contributed by atoms with Crippen LogP contribution in [0.5, 0.6) is 0 Å². The van der Waals surface area contributed by atoms with Gasteiger partial charge in [-0.3, -0.25) is 0 Å². The van der Waals surface area contributed by atoms with Gasteiger partial charge in [-0.15, -0.1) is 0 Å². The summed E-state index contributed by atoms with van der Waals surface area (Å²) in [6.45, 7) is 6.08. The van der Waals surface area contributed by atoms with E-state index in [-0.39, 0.29) is 6.17 Å². The molecule has 36 heavy (non-hydrogen) atoms. The lowest BCUT2D eigenvalue weighted by molar-refractivity contribution is 0.828. The van der Waals surface area contributed by atoms with Gasteiger partial charge >= 0.3 is 0 Å². The first kappa shape index (κ1) is 22.1. The summed E-state index contributed by atoms with van der Waals surface area (Å²) in [5.74, 6) is 0.806.